The molecule has 4 aromatic carbocycles. The van der Waals surface area contributed by atoms with Crippen LogP contribution in [0.15, 0.2) is 96.0 Å². The molecule has 0 fully saturated rings. The van der Waals surface area contributed by atoms with Gasteiger partial charge in [-0.3, -0.25) is 4.99 Å². The van der Waals surface area contributed by atoms with Gasteiger partial charge in [-0.25, -0.2) is 4.39 Å². The van der Waals surface area contributed by atoms with Crippen molar-refractivity contribution in [3.05, 3.63) is 113 Å². The summed E-state index contributed by atoms with van der Waals surface area (Å²) in [5, 5.41) is 0.393. The molecule has 4 rings (SSSR count). The minimum Gasteiger partial charge on any atom is -0.493 e. The van der Waals surface area contributed by atoms with E-state index in [-0.39, 0.29) is 12.4 Å². The van der Waals surface area contributed by atoms with Crippen molar-refractivity contribution in [2.45, 2.75) is 6.61 Å². The smallest absolute Gasteiger partial charge is 0.180 e. The van der Waals surface area contributed by atoms with Gasteiger partial charge in [0, 0.05) is 6.21 Å². The molecule has 0 unspecified atom stereocenters. The zero-order valence-electron chi connectivity index (χ0n) is 17.9. The predicted molar refractivity (Wildman–Crippen MR) is 129 cm³/mol. The lowest BCUT2D eigenvalue weighted by atomic mass is 10.2. The highest BCUT2D eigenvalue weighted by atomic mass is 35.5. The number of hydrogen-bond acceptors (Lipinski definition) is 4. The first-order valence-electron chi connectivity index (χ1n) is 10.2. The van der Waals surface area contributed by atoms with Crippen LogP contribution in [0.2, 0.25) is 5.02 Å². The van der Waals surface area contributed by atoms with Gasteiger partial charge in [-0.2, -0.15) is 0 Å². The second-order valence-corrected chi connectivity index (χ2v) is 7.52. The summed E-state index contributed by atoms with van der Waals surface area (Å²) >= 11 is 6.44. The molecule has 0 bridgehead atoms. The number of hydrogen-bond donors (Lipinski definition) is 0. The lowest BCUT2D eigenvalue weighted by Gasteiger charge is -2.13. The quantitative estimate of drug-likeness (QED) is 0.253. The highest BCUT2D eigenvalue weighted by Crippen LogP contribution is 2.37. The van der Waals surface area contributed by atoms with Crippen molar-refractivity contribution in [3.63, 3.8) is 0 Å². The van der Waals surface area contributed by atoms with Crippen LogP contribution in [-0.2, 0) is 6.61 Å². The SMILES string of the molecule is COc1cc(C=Nc2ccc(Oc3ccccc3)cc2)cc(Cl)c1OCc1ccc(F)cc1. The van der Waals surface area contributed by atoms with E-state index >= 15 is 0 Å². The van der Waals surface area contributed by atoms with Crippen LogP contribution in [-0.4, -0.2) is 13.3 Å². The molecule has 4 nitrogen and oxygen atoms in total. The fourth-order valence-electron chi connectivity index (χ4n) is 3.06. The van der Waals surface area contributed by atoms with Gasteiger partial charge >= 0.3 is 0 Å². The lowest BCUT2D eigenvalue weighted by Crippen LogP contribution is -1.99. The molecule has 6 heteroatoms. The largest absolute Gasteiger partial charge is 0.493 e. The van der Waals surface area contributed by atoms with Crippen molar-refractivity contribution in [2.24, 2.45) is 4.99 Å². The molecule has 0 N–H and O–H groups in total. The van der Waals surface area contributed by atoms with E-state index in [9.17, 15) is 4.39 Å². The molecular weight excluding hydrogens is 441 g/mol. The summed E-state index contributed by atoms with van der Waals surface area (Å²) in [4.78, 5) is 4.50. The Bertz CT molecular complexity index is 1230. The van der Waals surface area contributed by atoms with Gasteiger partial charge in [0.15, 0.2) is 11.5 Å². The summed E-state index contributed by atoms with van der Waals surface area (Å²) in [5.41, 5.74) is 2.34. The van der Waals surface area contributed by atoms with Crippen molar-refractivity contribution in [2.75, 3.05) is 7.11 Å². The number of nitrogens with zero attached hydrogens (tertiary/aromatic N) is 1. The monoisotopic (exact) mass is 461 g/mol. The Morgan fingerprint density at radius 3 is 2.27 bits per heavy atom. The van der Waals surface area contributed by atoms with Crippen molar-refractivity contribution >= 4 is 23.5 Å². The van der Waals surface area contributed by atoms with Crippen LogP contribution < -0.4 is 14.2 Å². The molecule has 166 valence electrons. The fourth-order valence-corrected chi connectivity index (χ4v) is 3.34. The summed E-state index contributed by atoms with van der Waals surface area (Å²) in [6, 6.07) is 26.7. The normalized spacial score (nSPS) is 10.9. The van der Waals surface area contributed by atoms with E-state index in [0.717, 1.165) is 28.3 Å². The third-order valence-corrected chi connectivity index (χ3v) is 5.01. The molecule has 0 radical (unpaired) electrons. The number of rotatable bonds is 8. The summed E-state index contributed by atoms with van der Waals surface area (Å²) < 4.78 is 30.2. The second-order valence-electron chi connectivity index (χ2n) is 7.12. The average Bonchev–Trinajstić information content (AvgIpc) is 2.84. The van der Waals surface area contributed by atoms with E-state index in [0.29, 0.717) is 16.5 Å². The van der Waals surface area contributed by atoms with E-state index in [1.165, 1.54) is 12.1 Å². The van der Waals surface area contributed by atoms with Crippen LogP contribution in [0.1, 0.15) is 11.1 Å². The highest BCUT2D eigenvalue weighted by Gasteiger charge is 2.12. The number of para-hydroxylation sites is 1. The van der Waals surface area contributed by atoms with Gasteiger partial charge in [0.2, 0.25) is 0 Å². The summed E-state index contributed by atoms with van der Waals surface area (Å²) in [5.74, 6) is 2.11. The molecule has 0 atom stereocenters. The summed E-state index contributed by atoms with van der Waals surface area (Å²) in [7, 11) is 1.54. The Balaban J connectivity index is 1.44. The Morgan fingerprint density at radius 1 is 0.879 bits per heavy atom. The Hall–Kier alpha value is -3.83. The minimum atomic E-state index is -0.295. The first-order valence-corrected chi connectivity index (χ1v) is 10.6. The molecule has 0 spiro atoms. The molecule has 0 aliphatic rings. The van der Waals surface area contributed by atoms with Crippen molar-refractivity contribution in [1.82, 2.24) is 0 Å². The summed E-state index contributed by atoms with van der Waals surface area (Å²) in [6.07, 6.45) is 1.70. The zero-order valence-corrected chi connectivity index (χ0v) is 18.6. The molecule has 0 saturated heterocycles. The van der Waals surface area contributed by atoms with Crippen LogP contribution in [0, 0.1) is 5.82 Å². The molecule has 0 saturated carbocycles. The van der Waals surface area contributed by atoms with Crippen LogP contribution >= 0.6 is 11.6 Å². The molecule has 0 aromatic heterocycles. The standard InChI is InChI=1S/C27H21ClFNO3/c1-31-26-16-20(15-25(28)27(26)32-18-19-7-9-21(29)10-8-19)17-30-22-11-13-24(14-12-22)33-23-5-3-2-4-6-23/h2-17H,18H2,1H3. The second kappa shape index (κ2) is 10.7. The minimum absolute atomic E-state index is 0.237. The highest BCUT2D eigenvalue weighted by molar-refractivity contribution is 6.32. The maximum Gasteiger partial charge on any atom is 0.180 e. The first kappa shape index (κ1) is 22.4. The Morgan fingerprint density at radius 2 is 1.58 bits per heavy atom. The molecular formula is C27H21ClFNO3. The van der Waals surface area contributed by atoms with E-state index in [4.69, 9.17) is 25.8 Å². The third-order valence-electron chi connectivity index (χ3n) is 4.73. The van der Waals surface area contributed by atoms with Crippen molar-refractivity contribution in [1.29, 1.82) is 0 Å². The van der Waals surface area contributed by atoms with Gasteiger partial charge in [-0.05, 0) is 71.8 Å². The van der Waals surface area contributed by atoms with E-state index in [1.54, 1.807) is 37.6 Å². The van der Waals surface area contributed by atoms with Crippen LogP contribution in [0.4, 0.5) is 10.1 Å². The van der Waals surface area contributed by atoms with Crippen molar-refractivity contribution in [3.8, 4) is 23.0 Å². The zero-order chi connectivity index (χ0) is 23.0. The lowest BCUT2D eigenvalue weighted by molar-refractivity contribution is 0.284. The van der Waals surface area contributed by atoms with Gasteiger partial charge in [0.1, 0.15) is 23.9 Å². The maximum absolute atomic E-state index is 13.1. The van der Waals surface area contributed by atoms with Gasteiger partial charge in [-0.1, -0.05) is 41.9 Å². The van der Waals surface area contributed by atoms with Crippen molar-refractivity contribution < 1.29 is 18.6 Å². The average molecular weight is 462 g/mol. The molecule has 33 heavy (non-hydrogen) atoms. The molecule has 0 amide bonds. The van der Waals surface area contributed by atoms with Gasteiger partial charge < -0.3 is 14.2 Å². The topological polar surface area (TPSA) is 40.0 Å². The number of halogens is 2. The Kier molecular flexibility index (Phi) is 7.22. The number of benzene rings is 4. The number of methoxy groups -OCH3 is 1. The van der Waals surface area contributed by atoms with Gasteiger partial charge in [0.05, 0.1) is 17.8 Å². The van der Waals surface area contributed by atoms with Gasteiger partial charge in [-0.15, -0.1) is 0 Å². The predicted octanol–water partition coefficient (Wildman–Crippen LogP) is 7.61. The molecule has 0 aliphatic heterocycles. The van der Waals surface area contributed by atoms with Gasteiger partial charge in [0.25, 0.3) is 0 Å². The Labute approximate surface area is 196 Å². The number of ether oxygens (including phenoxy) is 3. The number of aliphatic imine (C=N–C) groups is 1. The molecule has 0 aliphatic carbocycles. The molecule has 0 heterocycles. The van der Waals surface area contributed by atoms with Crippen LogP contribution in [0.3, 0.4) is 0 Å². The first-order chi connectivity index (χ1) is 16.1. The van der Waals surface area contributed by atoms with E-state index in [2.05, 4.69) is 4.99 Å². The summed E-state index contributed by atoms with van der Waals surface area (Å²) in [6.45, 7) is 0.237. The van der Waals surface area contributed by atoms with E-state index < -0.39 is 0 Å². The molecule has 4 aromatic rings. The van der Waals surface area contributed by atoms with Crippen LogP contribution in [0.25, 0.3) is 0 Å². The fraction of sp³-hybridized carbons (Fsp3) is 0.0741. The maximum atomic E-state index is 13.1. The third kappa shape index (κ3) is 6.11. The van der Waals surface area contributed by atoms with Crippen LogP contribution in [0.5, 0.6) is 23.0 Å². The van der Waals surface area contributed by atoms with E-state index in [1.807, 2.05) is 54.6 Å².